The van der Waals surface area contributed by atoms with Crippen molar-refractivity contribution in [2.75, 3.05) is 5.32 Å². The summed E-state index contributed by atoms with van der Waals surface area (Å²) in [5, 5.41) is 7.13. The molecule has 0 saturated carbocycles. The first-order valence-electron chi connectivity index (χ1n) is 5.97. The molecule has 5 nitrogen and oxygen atoms in total. The number of aryl methyl sites for hydroxylation is 1. The molecular weight excluding hydrogens is 242 g/mol. The SMILES string of the molecule is Cc1ccc(NCc2nc(-c3ccoc3)no2)cc1. The molecule has 0 aliphatic carbocycles. The molecule has 96 valence electrons. The van der Waals surface area contributed by atoms with Gasteiger partial charge in [-0.3, -0.25) is 0 Å². The van der Waals surface area contributed by atoms with E-state index in [1.54, 1.807) is 18.6 Å². The van der Waals surface area contributed by atoms with Crippen molar-refractivity contribution in [1.82, 2.24) is 10.1 Å². The van der Waals surface area contributed by atoms with Gasteiger partial charge in [-0.1, -0.05) is 22.9 Å². The Bertz CT molecular complexity index is 642. The lowest BCUT2D eigenvalue weighted by atomic mass is 10.2. The highest BCUT2D eigenvalue weighted by Gasteiger charge is 2.09. The molecule has 0 aliphatic rings. The number of hydrogen-bond donors (Lipinski definition) is 1. The summed E-state index contributed by atoms with van der Waals surface area (Å²) in [6, 6.07) is 9.92. The fourth-order valence-electron chi connectivity index (χ4n) is 1.68. The Balaban J connectivity index is 1.66. The molecule has 2 aromatic heterocycles. The Labute approximate surface area is 110 Å². The summed E-state index contributed by atoms with van der Waals surface area (Å²) in [7, 11) is 0. The number of furan rings is 1. The first kappa shape index (κ1) is 11.5. The van der Waals surface area contributed by atoms with E-state index in [0.717, 1.165) is 11.3 Å². The molecular formula is C14H13N3O2. The van der Waals surface area contributed by atoms with Gasteiger partial charge in [0.1, 0.15) is 6.26 Å². The summed E-state index contributed by atoms with van der Waals surface area (Å²) >= 11 is 0. The minimum Gasteiger partial charge on any atom is -0.472 e. The van der Waals surface area contributed by atoms with Crippen LogP contribution in [0.1, 0.15) is 11.5 Å². The van der Waals surface area contributed by atoms with Crippen LogP contribution in [0.25, 0.3) is 11.4 Å². The Morgan fingerprint density at radius 2 is 2.00 bits per heavy atom. The fourth-order valence-corrected chi connectivity index (χ4v) is 1.68. The summed E-state index contributed by atoms with van der Waals surface area (Å²) in [5.74, 6) is 1.08. The number of hydrogen-bond acceptors (Lipinski definition) is 5. The van der Waals surface area contributed by atoms with E-state index in [2.05, 4.69) is 22.4 Å². The van der Waals surface area contributed by atoms with E-state index in [4.69, 9.17) is 8.94 Å². The van der Waals surface area contributed by atoms with Gasteiger partial charge in [0, 0.05) is 5.69 Å². The highest BCUT2D eigenvalue weighted by atomic mass is 16.5. The third-order valence-electron chi connectivity index (χ3n) is 2.74. The van der Waals surface area contributed by atoms with Crippen LogP contribution in [-0.2, 0) is 6.54 Å². The molecule has 0 spiro atoms. The molecule has 0 unspecified atom stereocenters. The van der Waals surface area contributed by atoms with Crippen LogP contribution < -0.4 is 5.32 Å². The van der Waals surface area contributed by atoms with Crippen molar-refractivity contribution in [3.63, 3.8) is 0 Å². The molecule has 5 heteroatoms. The third kappa shape index (κ3) is 2.65. The highest BCUT2D eigenvalue weighted by Crippen LogP contribution is 2.16. The second kappa shape index (κ2) is 4.97. The Morgan fingerprint density at radius 3 is 2.74 bits per heavy atom. The fraction of sp³-hybridized carbons (Fsp3) is 0.143. The van der Waals surface area contributed by atoms with E-state index < -0.39 is 0 Å². The van der Waals surface area contributed by atoms with Gasteiger partial charge in [-0.05, 0) is 25.1 Å². The molecule has 0 aliphatic heterocycles. The number of rotatable bonds is 4. The summed E-state index contributed by atoms with van der Waals surface area (Å²) < 4.78 is 10.1. The topological polar surface area (TPSA) is 64.1 Å². The van der Waals surface area contributed by atoms with Crippen LogP contribution in [-0.4, -0.2) is 10.1 Å². The molecule has 0 atom stereocenters. The van der Waals surface area contributed by atoms with Gasteiger partial charge < -0.3 is 14.3 Å². The molecule has 0 amide bonds. The van der Waals surface area contributed by atoms with Gasteiger partial charge in [-0.2, -0.15) is 4.98 Å². The quantitative estimate of drug-likeness (QED) is 0.775. The zero-order valence-corrected chi connectivity index (χ0v) is 10.5. The van der Waals surface area contributed by atoms with Crippen LogP contribution in [0, 0.1) is 6.92 Å². The van der Waals surface area contributed by atoms with E-state index in [0.29, 0.717) is 18.3 Å². The maximum absolute atomic E-state index is 5.17. The van der Waals surface area contributed by atoms with E-state index in [9.17, 15) is 0 Å². The van der Waals surface area contributed by atoms with Gasteiger partial charge in [-0.25, -0.2) is 0 Å². The Hall–Kier alpha value is -2.56. The molecule has 3 rings (SSSR count). The molecule has 3 aromatic rings. The van der Waals surface area contributed by atoms with Crippen molar-refractivity contribution in [2.24, 2.45) is 0 Å². The first-order chi connectivity index (χ1) is 9.31. The number of benzene rings is 1. The lowest BCUT2D eigenvalue weighted by Crippen LogP contribution is -1.99. The van der Waals surface area contributed by atoms with Gasteiger partial charge in [0.05, 0.1) is 18.4 Å². The van der Waals surface area contributed by atoms with Crippen molar-refractivity contribution in [3.8, 4) is 11.4 Å². The van der Waals surface area contributed by atoms with Gasteiger partial charge >= 0.3 is 0 Å². The standard InChI is InChI=1S/C14H13N3O2/c1-10-2-4-12(5-3-10)15-8-13-16-14(17-19-13)11-6-7-18-9-11/h2-7,9,15H,8H2,1H3. The lowest BCUT2D eigenvalue weighted by Gasteiger charge is -2.02. The van der Waals surface area contributed by atoms with Gasteiger partial charge in [0.25, 0.3) is 0 Å². The normalized spacial score (nSPS) is 10.6. The molecule has 0 radical (unpaired) electrons. The van der Waals surface area contributed by atoms with Gasteiger partial charge in [0.15, 0.2) is 0 Å². The van der Waals surface area contributed by atoms with Crippen molar-refractivity contribution in [1.29, 1.82) is 0 Å². The largest absolute Gasteiger partial charge is 0.472 e. The zero-order valence-electron chi connectivity index (χ0n) is 10.5. The van der Waals surface area contributed by atoms with Crippen LogP contribution in [0.2, 0.25) is 0 Å². The van der Waals surface area contributed by atoms with Gasteiger partial charge in [0.2, 0.25) is 11.7 Å². The smallest absolute Gasteiger partial charge is 0.246 e. The average molecular weight is 255 g/mol. The minimum absolute atomic E-state index is 0.494. The lowest BCUT2D eigenvalue weighted by molar-refractivity contribution is 0.384. The van der Waals surface area contributed by atoms with E-state index >= 15 is 0 Å². The zero-order chi connectivity index (χ0) is 13.1. The second-order valence-corrected chi connectivity index (χ2v) is 4.24. The van der Waals surface area contributed by atoms with E-state index in [1.165, 1.54) is 5.56 Å². The summed E-state index contributed by atoms with van der Waals surface area (Å²) in [5.41, 5.74) is 3.06. The maximum atomic E-state index is 5.17. The van der Waals surface area contributed by atoms with Crippen molar-refractivity contribution in [3.05, 3.63) is 54.3 Å². The molecule has 19 heavy (non-hydrogen) atoms. The summed E-state index contributed by atoms with van der Waals surface area (Å²) in [6.07, 6.45) is 3.16. The van der Waals surface area contributed by atoms with Crippen LogP contribution in [0.15, 0.2) is 51.8 Å². The second-order valence-electron chi connectivity index (χ2n) is 4.24. The average Bonchev–Trinajstić information content (AvgIpc) is 3.09. The van der Waals surface area contributed by atoms with Crippen LogP contribution >= 0.6 is 0 Å². The molecule has 0 saturated heterocycles. The predicted octanol–water partition coefficient (Wildman–Crippen LogP) is 3.25. The number of nitrogens with one attached hydrogen (secondary N) is 1. The predicted molar refractivity (Wildman–Crippen MR) is 70.5 cm³/mol. The van der Waals surface area contributed by atoms with Gasteiger partial charge in [-0.15, -0.1) is 0 Å². The minimum atomic E-state index is 0.494. The highest BCUT2D eigenvalue weighted by molar-refractivity contribution is 5.51. The first-order valence-corrected chi connectivity index (χ1v) is 5.97. The summed E-state index contributed by atoms with van der Waals surface area (Å²) in [6.45, 7) is 2.55. The van der Waals surface area contributed by atoms with Crippen LogP contribution in [0.4, 0.5) is 5.69 Å². The molecule has 1 N–H and O–H groups in total. The molecule has 2 heterocycles. The molecule has 0 bridgehead atoms. The third-order valence-corrected chi connectivity index (χ3v) is 2.74. The van der Waals surface area contributed by atoms with E-state index in [1.807, 2.05) is 24.3 Å². The maximum Gasteiger partial charge on any atom is 0.246 e. The van der Waals surface area contributed by atoms with Crippen molar-refractivity contribution >= 4 is 5.69 Å². The Kier molecular flexibility index (Phi) is 3.02. The Morgan fingerprint density at radius 1 is 1.16 bits per heavy atom. The molecule has 1 aromatic carbocycles. The van der Waals surface area contributed by atoms with Crippen LogP contribution in [0.5, 0.6) is 0 Å². The van der Waals surface area contributed by atoms with Crippen LogP contribution in [0.3, 0.4) is 0 Å². The summed E-state index contributed by atoms with van der Waals surface area (Å²) in [4.78, 5) is 4.29. The number of anilines is 1. The molecule has 0 fully saturated rings. The van der Waals surface area contributed by atoms with Crippen molar-refractivity contribution < 1.29 is 8.94 Å². The van der Waals surface area contributed by atoms with Crippen molar-refractivity contribution in [2.45, 2.75) is 13.5 Å². The number of aromatic nitrogens is 2. The number of nitrogens with zero attached hydrogens (tertiary/aromatic N) is 2. The van der Waals surface area contributed by atoms with E-state index in [-0.39, 0.29) is 0 Å². The monoisotopic (exact) mass is 255 g/mol.